The largest absolute Gasteiger partial charge is 0.284 e. The van der Waals surface area contributed by atoms with Gasteiger partial charge in [-0.2, -0.15) is 0 Å². The van der Waals surface area contributed by atoms with Crippen molar-refractivity contribution in [2.75, 3.05) is 0 Å². The van der Waals surface area contributed by atoms with Crippen molar-refractivity contribution in [2.45, 2.75) is 6.92 Å². The zero-order valence-electron chi connectivity index (χ0n) is 9.82. The van der Waals surface area contributed by atoms with E-state index in [2.05, 4.69) is 0 Å². The minimum Gasteiger partial charge on any atom is -0.284 e. The highest BCUT2D eigenvalue weighted by atomic mass is 16.1. The second-order valence-corrected chi connectivity index (χ2v) is 3.07. The van der Waals surface area contributed by atoms with Crippen LogP contribution in [0.2, 0.25) is 0 Å². The zero-order valence-corrected chi connectivity index (χ0v) is 7.82. The number of para-hydroxylation sites is 1. The molecule has 0 N–H and O–H groups in total. The Labute approximate surface area is 85.3 Å². The molecule has 2 nitrogen and oxygen atoms in total. The van der Waals surface area contributed by atoms with Crippen molar-refractivity contribution in [3.8, 4) is 5.69 Å². The molecule has 0 aliphatic carbocycles. The summed E-state index contributed by atoms with van der Waals surface area (Å²) in [6.07, 6.45) is 1.60. The van der Waals surface area contributed by atoms with Gasteiger partial charge in [-0.3, -0.25) is 9.36 Å². The third-order valence-electron chi connectivity index (χ3n) is 1.94. The first kappa shape index (κ1) is 6.60. The van der Waals surface area contributed by atoms with E-state index in [0.717, 1.165) is 0 Å². The monoisotopic (exact) mass is 187 g/mol. The zero-order chi connectivity index (χ0) is 11.7. The summed E-state index contributed by atoms with van der Waals surface area (Å²) in [5.74, 6) is 0. The number of pyridine rings is 1. The van der Waals surface area contributed by atoms with E-state index in [-0.39, 0.29) is 12.1 Å². The average molecular weight is 187 g/mol. The summed E-state index contributed by atoms with van der Waals surface area (Å²) in [6, 6.07) is 8.85. The van der Waals surface area contributed by atoms with E-state index in [1.54, 1.807) is 25.3 Å². The average Bonchev–Trinajstić information content (AvgIpc) is 2.32. The maximum Gasteiger partial charge on any atom is 0.255 e. The van der Waals surface area contributed by atoms with Crippen LogP contribution in [0, 0.1) is 6.92 Å². The van der Waals surface area contributed by atoms with E-state index >= 15 is 0 Å². The molecule has 2 aromatic rings. The van der Waals surface area contributed by atoms with Crippen molar-refractivity contribution >= 4 is 0 Å². The number of hydrogen-bond acceptors (Lipinski definition) is 1. The van der Waals surface area contributed by atoms with Crippen molar-refractivity contribution in [3.63, 3.8) is 0 Å². The molecule has 2 heteroatoms. The Kier molecular flexibility index (Phi) is 1.65. The van der Waals surface area contributed by atoms with Gasteiger partial charge in [-0.1, -0.05) is 24.2 Å². The molecule has 0 saturated carbocycles. The molecule has 1 aromatic carbocycles. The van der Waals surface area contributed by atoms with E-state index < -0.39 is 5.56 Å². The Bertz CT molecular complexity index is 576. The summed E-state index contributed by atoms with van der Waals surface area (Å²) < 4.78 is 16.5. The number of rotatable bonds is 1. The van der Waals surface area contributed by atoms with Gasteiger partial charge in [-0.15, -0.1) is 0 Å². The molecule has 0 atom stereocenters. The molecule has 1 heterocycles. The van der Waals surface area contributed by atoms with Crippen molar-refractivity contribution in [2.24, 2.45) is 0 Å². The second kappa shape index (κ2) is 3.50. The minimum absolute atomic E-state index is 0.00261. The van der Waals surface area contributed by atoms with Gasteiger partial charge in [-0.25, -0.2) is 0 Å². The van der Waals surface area contributed by atoms with Crippen LogP contribution in [-0.2, 0) is 0 Å². The third-order valence-corrected chi connectivity index (χ3v) is 1.94. The smallest absolute Gasteiger partial charge is 0.255 e. The molecule has 0 spiro atoms. The Hall–Kier alpha value is -1.83. The van der Waals surface area contributed by atoms with E-state index in [0.29, 0.717) is 11.3 Å². The first-order chi connectivity index (χ1) is 7.61. The standard InChI is InChI=1S/C12H11NO/c1-10-7-8-12(14)13(9-10)11-5-3-2-4-6-11/h2-9H,1H3/i7D,8D. The molecule has 0 bridgehead atoms. The molecule has 0 fully saturated rings. The summed E-state index contributed by atoms with van der Waals surface area (Å²) in [4.78, 5) is 11.8. The lowest BCUT2D eigenvalue weighted by molar-refractivity contribution is 0.976. The van der Waals surface area contributed by atoms with Crippen LogP contribution in [0.5, 0.6) is 0 Å². The molecule has 0 aliphatic rings. The van der Waals surface area contributed by atoms with Crippen LogP contribution in [0.4, 0.5) is 0 Å². The molecule has 1 aromatic heterocycles. The fourth-order valence-electron chi connectivity index (χ4n) is 1.28. The normalized spacial score (nSPS) is 12.1. The molecule has 0 aliphatic heterocycles. The van der Waals surface area contributed by atoms with Crippen LogP contribution in [0.15, 0.2) is 53.4 Å². The first-order valence-corrected chi connectivity index (χ1v) is 4.36. The second-order valence-electron chi connectivity index (χ2n) is 3.07. The lowest BCUT2D eigenvalue weighted by Crippen LogP contribution is -2.16. The summed E-state index contributed by atoms with van der Waals surface area (Å²) in [6.45, 7) is 1.72. The molecule has 14 heavy (non-hydrogen) atoms. The Morgan fingerprint density at radius 3 is 2.64 bits per heavy atom. The van der Waals surface area contributed by atoms with Crippen molar-refractivity contribution in [3.05, 3.63) is 64.5 Å². The number of aromatic nitrogens is 1. The van der Waals surface area contributed by atoms with E-state index in [1.165, 1.54) is 4.57 Å². The molecule has 0 unspecified atom stereocenters. The van der Waals surface area contributed by atoms with Gasteiger partial charge in [0.1, 0.15) is 0 Å². The van der Waals surface area contributed by atoms with E-state index in [4.69, 9.17) is 2.74 Å². The van der Waals surface area contributed by atoms with Gasteiger partial charge in [0.15, 0.2) is 0 Å². The summed E-state index contributed by atoms with van der Waals surface area (Å²) in [5, 5.41) is 0. The van der Waals surface area contributed by atoms with Crippen LogP contribution in [0.25, 0.3) is 5.69 Å². The molecule has 70 valence electrons. The van der Waals surface area contributed by atoms with Gasteiger partial charge < -0.3 is 0 Å². The highest BCUT2D eigenvalue weighted by molar-refractivity contribution is 5.32. The van der Waals surface area contributed by atoms with Crippen LogP contribution < -0.4 is 5.56 Å². The SMILES string of the molecule is [2H]c1c(C)cn(-c2ccccc2)c(=O)c1[2H]. The van der Waals surface area contributed by atoms with Gasteiger partial charge in [0.05, 0.1) is 2.74 Å². The number of aryl methyl sites for hydroxylation is 1. The van der Waals surface area contributed by atoms with E-state index in [9.17, 15) is 4.79 Å². The molecule has 2 rings (SSSR count). The van der Waals surface area contributed by atoms with Crippen LogP contribution >= 0.6 is 0 Å². The lowest BCUT2D eigenvalue weighted by Gasteiger charge is -2.05. The van der Waals surface area contributed by atoms with Crippen molar-refractivity contribution in [1.82, 2.24) is 4.57 Å². The van der Waals surface area contributed by atoms with Crippen LogP contribution in [0.3, 0.4) is 0 Å². The Morgan fingerprint density at radius 2 is 1.93 bits per heavy atom. The minimum atomic E-state index is -0.457. The third kappa shape index (κ3) is 1.59. The molecular formula is C12H11NO. The van der Waals surface area contributed by atoms with Gasteiger partial charge in [0.2, 0.25) is 0 Å². The lowest BCUT2D eigenvalue weighted by atomic mass is 10.3. The first-order valence-electron chi connectivity index (χ1n) is 5.36. The van der Waals surface area contributed by atoms with Crippen LogP contribution in [-0.4, -0.2) is 4.57 Å². The maximum atomic E-state index is 11.8. The predicted octanol–water partition coefficient (Wildman–Crippen LogP) is 2.15. The van der Waals surface area contributed by atoms with Gasteiger partial charge in [0, 0.05) is 17.9 Å². The fraction of sp³-hybridized carbons (Fsp3) is 0.0833. The molecular weight excluding hydrogens is 174 g/mol. The highest BCUT2D eigenvalue weighted by Crippen LogP contribution is 2.04. The quantitative estimate of drug-likeness (QED) is 0.670. The number of hydrogen-bond donors (Lipinski definition) is 0. The predicted molar refractivity (Wildman–Crippen MR) is 56.8 cm³/mol. The van der Waals surface area contributed by atoms with Crippen molar-refractivity contribution < 1.29 is 2.74 Å². The van der Waals surface area contributed by atoms with Gasteiger partial charge in [0.25, 0.3) is 5.56 Å². The summed E-state index contributed by atoms with van der Waals surface area (Å²) in [7, 11) is 0. The topological polar surface area (TPSA) is 22.0 Å². The summed E-state index contributed by atoms with van der Waals surface area (Å²) >= 11 is 0. The molecule has 0 amide bonds. The number of nitrogens with zero attached hydrogens (tertiary/aromatic N) is 1. The Balaban J connectivity index is 2.73. The molecule has 0 radical (unpaired) electrons. The summed E-state index contributed by atoms with van der Waals surface area (Å²) in [5.41, 5.74) is 0.874. The highest BCUT2D eigenvalue weighted by Gasteiger charge is 1.97. The Morgan fingerprint density at radius 1 is 1.21 bits per heavy atom. The van der Waals surface area contributed by atoms with E-state index in [1.807, 2.05) is 18.2 Å². The van der Waals surface area contributed by atoms with Gasteiger partial charge >= 0.3 is 0 Å². The van der Waals surface area contributed by atoms with Crippen molar-refractivity contribution in [1.29, 1.82) is 0 Å². The maximum absolute atomic E-state index is 11.8. The van der Waals surface area contributed by atoms with Crippen LogP contribution in [0.1, 0.15) is 8.30 Å². The molecule has 0 saturated heterocycles. The number of benzene rings is 1. The fourth-order valence-corrected chi connectivity index (χ4v) is 1.28. The van der Waals surface area contributed by atoms with Gasteiger partial charge in [-0.05, 0) is 24.6 Å².